The molecule has 3 aromatic heterocycles. The van der Waals surface area contributed by atoms with Gasteiger partial charge >= 0.3 is 0 Å². The molecule has 0 N–H and O–H groups in total. The van der Waals surface area contributed by atoms with Crippen LogP contribution in [0.2, 0.25) is 0 Å². The third kappa shape index (κ3) is 3.10. The van der Waals surface area contributed by atoms with Crippen molar-refractivity contribution >= 4 is 0 Å². The number of hydrogen-bond donors (Lipinski definition) is 0. The number of aryl methyl sites for hydroxylation is 4. The number of aromatic nitrogens is 8. The van der Waals surface area contributed by atoms with Gasteiger partial charge in [0.25, 0.3) is 0 Å². The van der Waals surface area contributed by atoms with E-state index < -0.39 is 0 Å². The summed E-state index contributed by atoms with van der Waals surface area (Å²) >= 11 is 0. The molecule has 132 valence electrons. The molecule has 1 aromatic carbocycles. The van der Waals surface area contributed by atoms with Crippen LogP contribution in [0.3, 0.4) is 0 Å². The summed E-state index contributed by atoms with van der Waals surface area (Å²) in [6.45, 7) is 4.99. The Morgan fingerprint density at radius 2 is 2.04 bits per heavy atom. The van der Waals surface area contributed by atoms with Crippen LogP contribution in [0, 0.1) is 19.7 Å². The lowest BCUT2D eigenvalue weighted by atomic mass is 10.1. The van der Waals surface area contributed by atoms with Crippen LogP contribution in [-0.2, 0) is 13.1 Å². The summed E-state index contributed by atoms with van der Waals surface area (Å²) in [5.41, 5.74) is 1.96. The molecule has 8 nitrogen and oxygen atoms in total. The van der Waals surface area contributed by atoms with E-state index in [1.807, 2.05) is 24.6 Å². The molecule has 0 aliphatic carbocycles. The van der Waals surface area contributed by atoms with Gasteiger partial charge in [-0.2, -0.15) is 10.2 Å². The van der Waals surface area contributed by atoms with Gasteiger partial charge in [-0.15, -0.1) is 5.10 Å². The van der Waals surface area contributed by atoms with Crippen molar-refractivity contribution in [3.8, 4) is 16.9 Å². The first kappa shape index (κ1) is 16.1. The molecule has 4 aromatic rings. The van der Waals surface area contributed by atoms with Crippen LogP contribution in [0.5, 0.6) is 0 Å². The molecular formula is C17H17FN8. The fourth-order valence-corrected chi connectivity index (χ4v) is 2.83. The minimum Gasteiger partial charge on any atom is -0.250 e. The van der Waals surface area contributed by atoms with Gasteiger partial charge in [-0.1, -0.05) is 5.21 Å². The maximum atomic E-state index is 13.8. The molecule has 0 unspecified atom stereocenters. The largest absolute Gasteiger partial charge is 0.250 e. The molecule has 0 amide bonds. The molecule has 0 bridgehead atoms. The lowest BCUT2D eigenvalue weighted by Crippen LogP contribution is -2.10. The first-order valence-corrected chi connectivity index (χ1v) is 8.18. The molecule has 0 aliphatic rings. The summed E-state index contributed by atoms with van der Waals surface area (Å²) in [4.78, 5) is 4.28. The van der Waals surface area contributed by atoms with Crippen LogP contribution in [0.1, 0.15) is 11.6 Å². The molecule has 26 heavy (non-hydrogen) atoms. The lowest BCUT2D eigenvalue weighted by Gasteiger charge is -2.07. The summed E-state index contributed by atoms with van der Waals surface area (Å²) in [7, 11) is 0. The van der Waals surface area contributed by atoms with E-state index in [-0.39, 0.29) is 5.82 Å². The van der Waals surface area contributed by atoms with E-state index in [9.17, 15) is 4.39 Å². The molecule has 0 radical (unpaired) electrons. The number of nitrogens with zero attached hydrogens (tertiary/aromatic N) is 8. The summed E-state index contributed by atoms with van der Waals surface area (Å²) < 4.78 is 19.0. The van der Waals surface area contributed by atoms with Crippen LogP contribution in [0.25, 0.3) is 16.9 Å². The van der Waals surface area contributed by atoms with E-state index >= 15 is 0 Å². The monoisotopic (exact) mass is 352 g/mol. The maximum absolute atomic E-state index is 13.8. The molecular weight excluding hydrogens is 335 g/mol. The molecule has 4 rings (SSSR count). The average molecular weight is 352 g/mol. The van der Waals surface area contributed by atoms with Crippen LogP contribution < -0.4 is 0 Å². The fraction of sp³-hybridized carbons (Fsp3) is 0.235. The van der Waals surface area contributed by atoms with Gasteiger partial charge in [0.15, 0.2) is 0 Å². The van der Waals surface area contributed by atoms with Crippen molar-refractivity contribution in [1.29, 1.82) is 0 Å². The van der Waals surface area contributed by atoms with E-state index in [1.165, 1.54) is 12.1 Å². The Hall–Kier alpha value is -3.36. The molecule has 0 aliphatic heterocycles. The van der Waals surface area contributed by atoms with Gasteiger partial charge in [0.2, 0.25) is 0 Å². The highest BCUT2D eigenvalue weighted by molar-refractivity contribution is 5.69. The summed E-state index contributed by atoms with van der Waals surface area (Å²) in [6, 6.07) is 6.34. The molecule has 0 spiro atoms. The van der Waals surface area contributed by atoms with Crippen molar-refractivity contribution in [3.05, 3.63) is 60.3 Å². The Bertz CT molecular complexity index is 1030. The van der Waals surface area contributed by atoms with Crippen molar-refractivity contribution in [1.82, 2.24) is 39.5 Å². The van der Waals surface area contributed by atoms with Crippen LogP contribution >= 0.6 is 0 Å². The van der Waals surface area contributed by atoms with Crippen LogP contribution in [0.4, 0.5) is 4.39 Å². The normalized spacial score (nSPS) is 11.2. The molecule has 0 atom stereocenters. The minimum absolute atomic E-state index is 0.334. The van der Waals surface area contributed by atoms with E-state index in [1.54, 1.807) is 34.0 Å². The Morgan fingerprint density at radius 1 is 1.15 bits per heavy atom. The number of halogens is 1. The van der Waals surface area contributed by atoms with Crippen molar-refractivity contribution < 1.29 is 4.39 Å². The topological polar surface area (TPSA) is 79.2 Å². The van der Waals surface area contributed by atoms with Crippen molar-refractivity contribution in [2.24, 2.45) is 0 Å². The number of rotatable bonds is 5. The summed E-state index contributed by atoms with van der Waals surface area (Å²) in [5.74, 6) is 1.26. The Labute approximate surface area is 148 Å². The zero-order valence-electron chi connectivity index (χ0n) is 14.4. The second kappa shape index (κ2) is 6.51. The van der Waals surface area contributed by atoms with Crippen LogP contribution in [0.15, 0.2) is 42.9 Å². The predicted octanol–water partition coefficient (Wildman–Crippen LogP) is 2.18. The zero-order chi connectivity index (χ0) is 18.1. The summed E-state index contributed by atoms with van der Waals surface area (Å²) in [6.07, 6.45) is 5.27. The number of benzene rings is 1. The van der Waals surface area contributed by atoms with E-state index in [0.717, 1.165) is 17.3 Å². The number of hydrogen-bond acceptors (Lipinski definition) is 5. The highest BCUT2D eigenvalue weighted by Crippen LogP contribution is 2.25. The first-order valence-electron chi connectivity index (χ1n) is 8.18. The standard InChI is InChI=1S/C17H17FN8/c1-12-20-13(2)25(22-12)9-8-24-11-16(21-23-24)15-10-14(18)4-5-17(15)26-7-3-6-19-26/h3-7,10-11H,8-9H2,1-2H3. The Balaban J connectivity index is 1.60. The first-order chi connectivity index (χ1) is 12.6. The highest BCUT2D eigenvalue weighted by atomic mass is 19.1. The van der Waals surface area contributed by atoms with Crippen LogP contribution in [-0.4, -0.2) is 39.5 Å². The zero-order valence-corrected chi connectivity index (χ0v) is 14.4. The van der Waals surface area contributed by atoms with Gasteiger partial charge in [-0.3, -0.25) is 4.68 Å². The fourth-order valence-electron chi connectivity index (χ4n) is 2.83. The minimum atomic E-state index is -0.334. The van der Waals surface area contributed by atoms with Gasteiger partial charge < -0.3 is 0 Å². The maximum Gasteiger partial charge on any atom is 0.147 e. The third-order valence-corrected chi connectivity index (χ3v) is 4.03. The lowest BCUT2D eigenvalue weighted by molar-refractivity contribution is 0.480. The summed E-state index contributed by atoms with van der Waals surface area (Å²) in [5, 5.41) is 16.9. The molecule has 9 heteroatoms. The van der Waals surface area contributed by atoms with Crippen molar-refractivity contribution in [3.63, 3.8) is 0 Å². The Kier molecular flexibility index (Phi) is 4.04. The SMILES string of the molecule is Cc1nc(C)n(CCn2cc(-c3cc(F)ccc3-n3cccn3)nn2)n1. The predicted molar refractivity (Wildman–Crippen MR) is 92.0 cm³/mol. The van der Waals surface area contributed by atoms with E-state index in [2.05, 4.69) is 25.5 Å². The molecule has 0 fully saturated rings. The van der Waals surface area contributed by atoms with Crippen molar-refractivity contribution in [2.45, 2.75) is 26.9 Å². The van der Waals surface area contributed by atoms with Gasteiger partial charge in [-0.05, 0) is 38.1 Å². The quantitative estimate of drug-likeness (QED) is 0.550. The van der Waals surface area contributed by atoms with Crippen molar-refractivity contribution in [2.75, 3.05) is 0 Å². The van der Waals surface area contributed by atoms with Gasteiger partial charge in [0.05, 0.1) is 25.0 Å². The average Bonchev–Trinajstić information content (AvgIpc) is 3.34. The second-order valence-electron chi connectivity index (χ2n) is 5.91. The Morgan fingerprint density at radius 3 is 2.77 bits per heavy atom. The molecule has 0 saturated carbocycles. The van der Waals surface area contributed by atoms with Gasteiger partial charge in [-0.25, -0.2) is 18.7 Å². The molecule has 3 heterocycles. The second-order valence-corrected chi connectivity index (χ2v) is 5.91. The van der Waals surface area contributed by atoms with E-state index in [4.69, 9.17) is 0 Å². The third-order valence-electron chi connectivity index (χ3n) is 4.03. The highest BCUT2D eigenvalue weighted by Gasteiger charge is 2.13. The van der Waals surface area contributed by atoms with Gasteiger partial charge in [0, 0.05) is 18.0 Å². The van der Waals surface area contributed by atoms with E-state index in [0.29, 0.717) is 24.3 Å². The molecule has 0 saturated heterocycles. The van der Waals surface area contributed by atoms with Gasteiger partial charge in [0.1, 0.15) is 23.2 Å². The smallest absolute Gasteiger partial charge is 0.147 e.